The molecule has 0 aliphatic carbocycles. The van der Waals surface area contributed by atoms with Crippen molar-refractivity contribution in [1.82, 2.24) is 5.32 Å². The van der Waals surface area contributed by atoms with Crippen LogP contribution in [0.2, 0.25) is 0 Å². The van der Waals surface area contributed by atoms with Gasteiger partial charge in [0.1, 0.15) is 12.4 Å². The van der Waals surface area contributed by atoms with E-state index in [-0.39, 0.29) is 16.8 Å². The molecular weight excluding hydrogens is 328 g/mol. The first-order chi connectivity index (χ1) is 11.3. The van der Waals surface area contributed by atoms with E-state index in [1.54, 1.807) is 5.32 Å². The second kappa shape index (κ2) is 7.12. The van der Waals surface area contributed by atoms with Gasteiger partial charge in [0.25, 0.3) is 11.8 Å². The van der Waals surface area contributed by atoms with E-state index in [0.29, 0.717) is 0 Å². The molecule has 2 aromatic carbocycles. The lowest BCUT2D eigenvalue weighted by Gasteiger charge is -2.12. The standard InChI is InChI=1S/C16H12F4N2O2/c17-11-7-5-10(6-8-11)14(23)22-13-4-2-1-3-12(13)15(24)21-9-16(18,19)20/h1-8H,9H2,(H,21,24)(H,22,23). The minimum absolute atomic E-state index is 0.0477. The van der Waals surface area contributed by atoms with E-state index < -0.39 is 30.4 Å². The van der Waals surface area contributed by atoms with Gasteiger partial charge in [-0.05, 0) is 36.4 Å². The zero-order valence-electron chi connectivity index (χ0n) is 12.2. The van der Waals surface area contributed by atoms with Crippen molar-refractivity contribution < 1.29 is 27.2 Å². The average molecular weight is 340 g/mol. The van der Waals surface area contributed by atoms with Gasteiger partial charge in [-0.1, -0.05) is 12.1 Å². The van der Waals surface area contributed by atoms with Crippen LogP contribution in [0.4, 0.5) is 23.2 Å². The first-order valence-electron chi connectivity index (χ1n) is 6.77. The van der Waals surface area contributed by atoms with Gasteiger partial charge < -0.3 is 10.6 Å². The van der Waals surface area contributed by atoms with Crippen LogP contribution in [0.25, 0.3) is 0 Å². The number of anilines is 1. The van der Waals surface area contributed by atoms with Gasteiger partial charge >= 0.3 is 6.18 Å². The molecule has 2 rings (SSSR count). The van der Waals surface area contributed by atoms with Crippen molar-refractivity contribution in [2.75, 3.05) is 11.9 Å². The third-order valence-corrected chi connectivity index (χ3v) is 2.98. The highest BCUT2D eigenvalue weighted by atomic mass is 19.4. The molecule has 4 nitrogen and oxygen atoms in total. The monoisotopic (exact) mass is 340 g/mol. The minimum atomic E-state index is -4.54. The summed E-state index contributed by atoms with van der Waals surface area (Å²) in [5.41, 5.74) is 0.0746. The number of carbonyl (C=O) groups excluding carboxylic acids is 2. The molecule has 0 atom stereocenters. The summed E-state index contributed by atoms with van der Waals surface area (Å²) >= 11 is 0. The molecule has 0 bridgehead atoms. The Balaban J connectivity index is 2.15. The van der Waals surface area contributed by atoms with Crippen molar-refractivity contribution in [2.45, 2.75) is 6.18 Å². The van der Waals surface area contributed by atoms with Crippen LogP contribution in [-0.2, 0) is 0 Å². The van der Waals surface area contributed by atoms with Gasteiger partial charge in [0, 0.05) is 5.56 Å². The molecule has 2 aromatic rings. The Hall–Kier alpha value is -2.90. The van der Waals surface area contributed by atoms with Gasteiger partial charge in [-0.15, -0.1) is 0 Å². The van der Waals surface area contributed by atoms with Crippen LogP contribution in [-0.4, -0.2) is 24.5 Å². The molecule has 0 spiro atoms. The number of amides is 2. The van der Waals surface area contributed by atoms with E-state index in [1.165, 1.54) is 36.4 Å². The van der Waals surface area contributed by atoms with Gasteiger partial charge in [0.15, 0.2) is 0 Å². The van der Waals surface area contributed by atoms with Gasteiger partial charge in [0.2, 0.25) is 0 Å². The van der Waals surface area contributed by atoms with Crippen LogP contribution in [0.5, 0.6) is 0 Å². The number of alkyl halides is 3. The Morgan fingerprint density at radius 2 is 1.54 bits per heavy atom. The van der Waals surface area contributed by atoms with Crippen LogP contribution >= 0.6 is 0 Å². The number of para-hydroxylation sites is 1. The second-order valence-corrected chi connectivity index (χ2v) is 4.80. The third-order valence-electron chi connectivity index (χ3n) is 2.98. The Kier molecular flexibility index (Phi) is 5.18. The maximum Gasteiger partial charge on any atom is 0.405 e. The lowest BCUT2D eigenvalue weighted by atomic mass is 10.1. The molecule has 0 aliphatic heterocycles. The summed E-state index contributed by atoms with van der Waals surface area (Å²) in [6, 6.07) is 10.3. The van der Waals surface area contributed by atoms with Crippen molar-refractivity contribution in [2.24, 2.45) is 0 Å². The Morgan fingerprint density at radius 1 is 0.917 bits per heavy atom. The number of hydrogen-bond donors (Lipinski definition) is 2. The van der Waals surface area contributed by atoms with E-state index in [2.05, 4.69) is 5.32 Å². The summed E-state index contributed by atoms with van der Waals surface area (Å²) in [5.74, 6) is -2.10. The molecule has 0 fully saturated rings. The van der Waals surface area contributed by atoms with E-state index >= 15 is 0 Å². The van der Waals surface area contributed by atoms with Crippen molar-refractivity contribution in [3.05, 3.63) is 65.5 Å². The van der Waals surface area contributed by atoms with E-state index in [4.69, 9.17) is 0 Å². The molecule has 0 radical (unpaired) electrons. The molecule has 126 valence electrons. The van der Waals surface area contributed by atoms with Crippen LogP contribution in [0, 0.1) is 5.82 Å². The van der Waals surface area contributed by atoms with Crippen molar-refractivity contribution in [3.8, 4) is 0 Å². The molecule has 0 unspecified atom stereocenters. The number of hydrogen-bond acceptors (Lipinski definition) is 2. The summed E-state index contributed by atoms with van der Waals surface area (Å²) in [5, 5.41) is 4.16. The molecule has 2 amide bonds. The molecular formula is C16H12F4N2O2. The summed E-state index contributed by atoms with van der Waals surface area (Å²) in [7, 11) is 0. The molecule has 2 N–H and O–H groups in total. The maximum atomic E-state index is 12.9. The Labute approximate surface area is 134 Å². The molecule has 0 saturated carbocycles. The largest absolute Gasteiger partial charge is 0.405 e. The molecule has 8 heteroatoms. The number of halogens is 4. The number of benzene rings is 2. The van der Waals surface area contributed by atoms with Crippen molar-refractivity contribution in [3.63, 3.8) is 0 Å². The van der Waals surface area contributed by atoms with Crippen LogP contribution < -0.4 is 10.6 Å². The zero-order valence-corrected chi connectivity index (χ0v) is 12.2. The van der Waals surface area contributed by atoms with Crippen molar-refractivity contribution in [1.29, 1.82) is 0 Å². The molecule has 0 saturated heterocycles. The first-order valence-corrected chi connectivity index (χ1v) is 6.77. The smallest absolute Gasteiger partial charge is 0.343 e. The predicted molar refractivity (Wildman–Crippen MR) is 79.2 cm³/mol. The maximum absolute atomic E-state index is 12.9. The van der Waals surface area contributed by atoms with Crippen molar-refractivity contribution >= 4 is 17.5 Å². The van der Waals surface area contributed by atoms with Gasteiger partial charge in [-0.3, -0.25) is 9.59 Å². The predicted octanol–water partition coefficient (Wildman–Crippen LogP) is 3.37. The number of rotatable bonds is 4. The first kappa shape index (κ1) is 17.5. The quantitative estimate of drug-likeness (QED) is 0.839. The lowest BCUT2D eigenvalue weighted by molar-refractivity contribution is -0.123. The van der Waals surface area contributed by atoms with Crippen LogP contribution in [0.15, 0.2) is 48.5 Å². The van der Waals surface area contributed by atoms with E-state index in [1.807, 2.05) is 0 Å². The highest BCUT2D eigenvalue weighted by Gasteiger charge is 2.28. The third kappa shape index (κ3) is 4.80. The Morgan fingerprint density at radius 3 is 2.17 bits per heavy atom. The fourth-order valence-corrected chi connectivity index (χ4v) is 1.86. The second-order valence-electron chi connectivity index (χ2n) is 4.80. The topological polar surface area (TPSA) is 58.2 Å². The fraction of sp³-hybridized carbons (Fsp3) is 0.125. The summed E-state index contributed by atoms with van der Waals surface area (Å²) < 4.78 is 49.4. The fourth-order valence-electron chi connectivity index (χ4n) is 1.86. The van der Waals surface area contributed by atoms with Gasteiger partial charge in [0.05, 0.1) is 11.3 Å². The summed E-state index contributed by atoms with van der Waals surface area (Å²) in [6.07, 6.45) is -4.54. The van der Waals surface area contributed by atoms with Gasteiger partial charge in [-0.25, -0.2) is 4.39 Å². The molecule has 0 heterocycles. The molecule has 0 aromatic heterocycles. The number of nitrogens with one attached hydrogen (secondary N) is 2. The lowest BCUT2D eigenvalue weighted by Crippen LogP contribution is -2.34. The van der Waals surface area contributed by atoms with Crippen LogP contribution in [0.3, 0.4) is 0 Å². The molecule has 0 aliphatic rings. The zero-order chi connectivity index (χ0) is 17.7. The normalized spacial score (nSPS) is 11.0. The van der Waals surface area contributed by atoms with Crippen LogP contribution in [0.1, 0.15) is 20.7 Å². The SMILES string of the molecule is O=C(Nc1ccccc1C(=O)NCC(F)(F)F)c1ccc(F)cc1. The molecule has 24 heavy (non-hydrogen) atoms. The van der Waals surface area contributed by atoms with Gasteiger partial charge in [-0.2, -0.15) is 13.2 Å². The highest BCUT2D eigenvalue weighted by molar-refractivity contribution is 6.08. The van der Waals surface area contributed by atoms with E-state index in [9.17, 15) is 27.2 Å². The Bertz CT molecular complexity index is 742. The highest BCUT2D eigenvalue weighted by Crippen LogP contribution is 2.18. The summed E-state index contributed by atoms with van der Waals surface area (Å²) in [6.45, 7) is -1.48. The average Bonchev–Trinajstić information content (AvgIpc) is 2.53. The minimum Gasteiger partial charge on any atom is -0.343 e. The number of carbonyl (C=O) groups is 2. The van der Waals surface area contributed by atoms with E-state index in [0.717, 1.165) is 12.1 Å². The summed E-state index contributed by atoms with van der Waals surface area (Å²) in [4.78, 5) is 23.9.